The van der Waals surface area contributed by atoms with Crippen LogP contribution < -0.4 is 0 Å². The highest BCUT2D eigenvalue weighted by atomic mass is 16.6. The molecule has 3 aliphatic heterocycles. The van der Waals surface area contributed by atoms with E-state index in [4.69, 9.17) is 9.47 Å². The number of nitrogens with one attached hydrogen (secondary N) is 1. The second-order valence-corrected chi connectivity index (χ2v) is 27.5. The molecule has 72 heavy (non-hydrogen) atoms. The minimum absolute atomic E-state index is 0.0669. The van der Waals surface area contributed by atoms with Gasteiger partial charge in [0.2, 0.25) is 0 Å². The normalized spacial score (nSPS) is 40.3. The number of aliphatic hydroxyl groups excluding tert-OH is 2. The van der Waals surface area contributed by atoms with E-state index in [-0.39, 0.29) is 41.0 Å². The number of hydrogen-bond donors (Lipinski definition) is 3. The summed E-state index contributed by atoms with van der Waals surface area (Å²) in [6.45, 7) is 15.9. The molecule has 1 aromatic carbocycles. The maximum atomic E-state index is 15.9. The number of aliphatic hydroxyl groups is 2. The zero-order valence-corrected chi connectivity index (χ0v) is 44.6. The fourth-order valence-corrected chi connectivity index (χ4v) is 19.9. The molecule has 8 nitrogen and oxygen atoms in total. The first kappa shape index (κ1) is 48.2. The summed E-state index contributed by atoms with van der Waals surface area (Å²) in [4.78, 5) is 34.3. The molecule has 386 valence electrons. The first-order chi connectivity index (χ1) is 34.5. The molecule has 7 aliphatic carbocycles. The van der Waals surface area contributed by atoms with Gasteiger partial charge in [-0.05, 0) is 164 Å². The summed E-state index contributed by atoms with van der Waals surface area (Å²) < 4.78 is 14.6. The number of carbonyl (C=O) groups excluding carboxylic acids is 2. The van der Waals surface area contributed by atoms with E-state index in [9.17, 15) is 15.0 Å². The molecule has 1 spiro atoms. The highest BCUT2D eigenvalue weighted by molar-refractivity contribution is 6.02. The zero-order chi connectivity index (χ0) is 49.7. The van der Waals surface area contributed by atoms with Gasteiger partial charge in [0.15, 0.2) is 5.78 Å². The predicted octanol–water partition coefficient (Wildman–Crippen LogP) is 12.3. The largest absolute Gasteiger partial charge is 0.392 e. The Labute approximate surface area is 429 Å². The maximum Gasteiger partial charge on any atom is 0.160 e. The van der Waals surface area contributed by atoms with Crippen LogP contribution in [0.2, 0.25) is 0 Å². The lowest BCUT2D eigenvalue weighted by atomic mass is 9.32. The number of H-pyrrole nitrogens is 1. The monoisotopic (exact) mass is 977 g/mol. The molecule has 5 bridgehead atoms. The van der Waals surface area contributed by atoms with Crippen molar-refractivity contribution >= 4 is 22.6 Å². The molecule has 0 radical (unpaired) electrons. The van der Waals surface area contributed by atoms with Gasteiger partial charge < -0.3 is 29.2 Å². The average molecular weight is 977 g/mol. The highest BCUT2D eigenvalue weighted by Crippen LogP contribution is 2.78. The average Bonchev–Trinajstić information content (AvgIpc) is 3.91. The van der Waals surface area contributed by atoms with Crippen LogP contribution in [0.1, 0.15) is 203 Å². The Morgan fingerprint density at radius 2 is 1.57 bits per heavy atom. The Bertz CT molecular complexity index is 2750. The number of ether oxygens (including phenoxy) is 2. The number of benzene rings is 1. The lowest BCUT2D eigenvalue weighted by Gasteiger charge is -2.71. The fourth-order valence-electron chi connectivity index (χ4n) is 19.9. The Hall–Kier alpha value is -3.48. The number of allylic oxidation sites excluding steroid dienone is 1. The molecule has 0 unspecified atom stereocenters. The standard InChI is InChI=1S/C64H84N2O6/c1-59(2)58(72-59)49(68)33-61(4)46-18-12-13-23-64-25-19-50-60(3,24-20-51(69)63(50,6)45-16-10-11-17-45)57(64)56(70)47(52-53(61)48(67)34-62(52,64)5)37-66-36-44(54-55(66)43(32-46)35-65-54)30-38-28-41(39-14-8-7-9-15-39)31-42(29-38)40-21-26-71-27-22-40/h28-29,31,35-36,39-40,45-47,49-50,56-58,65,68,70H,7-11,14-27,30,32-34,37H2,1-6H3/t46-,47-,49+,50+,56+,57+,58+,60+,61+,62-,63-,64-/m0/s1. The van der Waals surface area contributed by atoms with Gasteiger partial charge >= 0.3 is 0 Å². The van der Waals surface area contributed by atoms with E-state index in [1.54, 1.807) is 0 Å². The van der Waals surface area contributed by atoms with Gasteiger partial charge in [-0.15, -0.1) is 11.8 Å². The van der Waals surface area contributed by atoms with Crippen LogP contribution in [0.3, 0.4) is 0 Å². The molecule has 12 atom stereocenters. The molecule has 7 fully saturated rings. The Morgan fingerprint density at radius 3 is 2.29 bits per heavy atom. The lowest BCUT2D eigenvalue weighted by Crippen LogP contribution is -2.69. The van der Waals surface area contributed by atoms with Crippen LogP contribution in [0.25, 0.3) is 11.0 Å². The number of Topliss-reactive ketones (excluding diaryl/α,β-unsaturated/α-hetero) is 2. The number of carbonyl (C=O) groups is 2. The summed E-state index contributed by atoms with van der Waals surface area (Å²) in [6.07, 6.45) is 22.8. The van der Waals surface area contributed by atoms with Crippen molar-refractivity contribution in [2.75, 3.05) is 13.2 Å². The maximum absolute atomic E-state index is 15.9. The van der Waals surface area contributed by atoms with Gasteiger partial charge in [0.1, 0.15) is 11.9 Å². The van der Waals surface area contributed by atoms with Gasteiger partial charge in [-0.1, -0.05) is 78.0 Å². The van der Waals surface area contributed by atoms with Crippen LogP contribution in [-0.4, -0.2) is 68.5 Å². The number of nitrogens with zero attached hydrogens (tertiary/aromatic N) is 1. The van der Waals surface area contributed by atoms with E-state index in [1.165, 1.54) is 89.4 Å². The Balaban J connectivity index is 0.990. The third-order valence-electron chi connectivity index (χ3n) is 23.6. The first-order valence-corrected chi connectivity index (χ1v) is 29.2. The van der Waals surface area contributed by atoms with Crippen molar-refractivity contribution in [1.82, 2.24) is 9.55 Å². The number of epoxide rings is 1. The minimum Gasteiger partial charge on any atom is -0.392 e. The zero-order valence-electron chi connectivity index (χ0n) is 44.6. The van der Waals surface area contributed by atoms with Crippen molar-refractivity contribution in [3.05, 3.63) is 69.6 Å². The van der Waals surface area contributed by atoms with Crippen molar-refractivity contribution in [3.63, 3.8) is 0 Å². The number of rotatable bonds is 8. The molecule has 3 N–H and O–H groups in total. The molecule has 2 saturated heterocycles. The molecular formula is C64H84N2O6. The number of aromatic amines is 1. The predicted molar refractivity (Wildman–Crippen MR) is 281 cm³/mol. The van der Waals surface area contributed by atoms with E-state index in [0.717, 1.165) is 76.6 Å². The summed E-state index contributed by atoms with van der Waals surface area (Å²) in [5, 5.41) is 26.5. The Kier molecular flexibility index (Phi) is 11.4. The van der Waals surface area contributed by atoms with Gasteiger partial charge in [0.05, 0.1) is 28.8 Å². The van der Waals surface area contributed by atoms with E-state index in [0.29, 0.717) is 62.2 Å². The Morgan fingerprint density at radius 1 is 0.861 bits per heavy atom. The molecule has 3 aromatic rings. The quantitative estimate of drug-likeness (QED) is 0.153. The van der Waals surface area contributed by atoms with E-state index >= 15 is 4.79 Å². The summed E-state index contributed by atoms with van der Waals surface area (Å²) in [7, 11) is 0. The molecule has 5 saturated carbocycles. The van der Waals surface area contributed by atoms with Gasteiger partial charge in [-0.25, -0.2) is 0 Å². The van der Waals surface area contributed by atoms with Crippen LogP contribution in [-0.2, 0) is 38.4 Å². The third kappa shape index (κ3) is 6.96. The summed E-state index contributed by atoms with van der Waals surface area (Å²) in [6, 6.07) is 7.61. The van der Waals surface area contributed by atoms with Crippen LogP contribution in [0.15, 0.2) is 41.7 Å². The topological polar surface area (TPSA) is 117 Å². The highest BCUT2D eigenvalue weighted by Gasteiger charge is 2.75. The molecule has 10 aliphatic rings. The minimum atomic E-state index is -0.757. The van der Waals surface area contributed by atoms with Crippen molar-refractivity contribution in [1.29, 1.82) is 0 Å². The van der Waals surface area contributed by atoms with Crippen molar-refractivity contribution < 1.29 is 29.3 Å². The second-order valence-electron chi connectivity index (χ2n) is 27.5. The lowest BCUT2D eigenvalue weighted by molar-refractivity contribution is -0.231. The number of ketones is 2. The molecular weight excluding hydrogens is 893 g/mol. The van der Waals surface area contributed by atoms with Crippen LogP contribution >= 0.6 is 0 Å². The smallest absolute Gasteiger partial charge is 0.160 e. The summed E-state index contributed by atoms with van der Waals surface area (Å²) >= 11 is 0. The molecule has 5 heterocycles. The van der Waals surface area contributed by atoms with E-state index in [2.05, 4.69) is 93.5 Å². The van der Waals surface area contributed by atoms with Crippen molar-refractivity contribution in [2.24, 2.45) is 56.7 Å². The number of aromatic nitrogens is 2. The van der Waals surface area contributed by atoms with Gasteiger partial charge in [-0.3, -0.25) is 9.59 Å². The van der Waals surface area contributed by atoms with Crippen molar-refractivity contribution in [3.8, 4) is 11.8 Å². The van der Waals surface area contributed by atoms with Crippen molar-refractivity contribution in [2.45, 2.75) is 219 Å². The van der Waals surface area contributed by atoms with Crippen LogP contribution in [0.4, 0.5) is 0 Å². The number of fused-ring (bicyclic) bond motifs is 3. The van der Waals surface area contributed by atoms with Gasteiger partial charge in [0.25, 0.3) is 0 Å². The van der Waals surface area contributed by atoms with Gasteiger partial charge in [-0.2, -0.15) is 0 Å². The number of hydrogen-bond acceptors (Lipinski definition) is 6. The van der Waals surface area contributed by atoms with E-state index in [1.807, 2.05) is 0 Å². The second kappa shape index (κ2) is 17.0. The first-order valence-electron chi connectivity index (χ1n) is 29.2. The molecule has 8 heteroatoms. The molecule has 13 rings (SSSR count). The summed E-state index contributed by atoms with van der Waals surface area (Å²) in [5.74, 6) is 9.48. The van der Waals surface area contributed by atoms with Gasteiger partial charge in [0, 0.05) is 92.0 Å². The third-order valence-corrected chi connectivity index (χ3v) is 23.6. The van der Waals surface area contributed by atoms with E-state index < -0.39 is 39.5 Å². The molecule has 2 aromatic heterocycles. The SMILES string of the molecule is CC1(C)O[C@@H]1[C@H](O)C[C@@]1(C)C2=C3[C@@H]4Cn5cc(Cc6cc(C7CCCCC7)cc(C7CCOCC7)c6)c6[nH]cc(c65)C[C@@H]1CC#CC[C@@]1(CC[C@@H]5[C@@](C)(CCC(=O)[C@@]5(C)C5CCCC5)[C@H]1[C@@H]4O)[C@@]3(C)CC2=O. The molecule has 0 amide bonds. The summed E-state index contributed by atoms with van der Waals surface area (Å²) in [5.41, 5.74) is 8.44. The fraction of sp³-hybridized carbons (Fsp3) is 0.719. The van der Waals surface area contributed by atoms with Crippen LogP contribution in [0, 0.1) is 68.5 Å². The van der Waals surface area contributed by atoms with Crippen LogP contribution in [0.5, 0.6) is 0 Å².